The lowest BCUT2D eigenvalue weighted by Gasteiger charge is -2.32. The van der Waals surface area contributed by atoms with Gasteiger partial charge in [0.05, 0.1) is 11.5 Å². The van der Waals surface area contributed by atoms with Gasteiger partial charge in [0.1, 0.15) is 0 Å². The second kappa shape index (κ2) is 7.23. The number of nitrogens with zero attached hydrogens (tertiary/aromatic N) is 1. The van der Waals surface area contributed by atoms with E-state index in [0.717, 1.165) is 42.6 Å². The fraction of sp³-hybridized carbons (Fsp3) is 0.474. The van der Waals surface area contributed by atoms with Gasteiger partial charge in [-0.3, -0.25) is 9.59 Å². The number of likely N-dealkylation sites (tertiary alicyclic amines) is 1. The summed E-state index contributed by atoms with van der Waals surface area (Å²) >= 11 is 0. The van der Waals surface area contributed by atoms with E-state index in [1.807, 2.05) is 17.0 Å². The van der Waals surface area contributed by atoms with Crippen LogP contribution in [-0.4, -0.2) is 49.7 Å². The molecule has 140 valence electrons. The lowest BCUT2D eigenvalue weighted by Crippen LogP contribution is -2.36. The van der Waals surface area contributed by atoms with E-state index in [1.54, 1.807) is 19.1 Å². The number of amides is 2. The van der Waals surface area contributed by atoms with Crippen LogP contribution < -0.4 is 5.73 Å². The predicted molar refractivity (Wildman–Crippen MR) is 100 cm³/mol. The Kier molecular flexibility index (Phi) is 5.18. The van der Waals surface area contributed by atoms with Crippen molar-refractivity contribution in [2.45, 2.75) is 32.1 Å². The number of nitrogens with two attached hydrogens (primary N) is 1. The molecule has 3 rings (SSSR count). The van der Waals surface area contributed by atoms with Crippen LogP contribution in [0.25, 0.3) is 5.57 Å². The maximum atomic E-state index is 11.8. The van der Waals surface area contributed by atoms with Gasteiger partial charge in [-0.1, -0.05) is 18.2 Å². The van der Waals surface area contributed by atoms with E-state index in [-0.39, 0.29) is 17.4 Å². The Balaban J connectivity index is 1.89. The predicted octanol–water partition coefficient (Wildman–Crippen LogP) is 1.71. The van der Waals surface area contributed by atoms with Crippen LogP contribution in [0.2, 0.25) is 0 Å². The molecule has 0 aromatic heterocycles. The number of sulfone groups is 1. The molecule has 1 fully saturated rings. The molecule has 2 heterocycles. The van der Waals surface area contributed by atoms with Crippen LogP contribution in [0.15, 0.2) is 24.3 Å². The molecule has 6 nitrogen and oxygen atoms in total. The molecule has 1 saturated heterocycles. The Morgan fingerprint density at radius 2 is 1.88 bits per heavy atom. The topological polar surface area (TPSA) is 97.5 Å². The SMILES string of the molecule is CC(=O)N1CCC(c2ccc(C(N)=O)c(C3=CCS(=O)(=O)CC3)c2)CC1. The number of carbonyl (C=O) groups is 2. The summed E-state index contributed by atoms with van der Waals surface area (Å²) in [6, 6.07) is 5.66. The fourth-order valence-corrected chi connectivity index (χ4v) is 4.90. The Bertz CT molecular complexity index is 866. The Morgan fingerprint density at radius 1 is 1.19 bits per heavy atom. The van der Waals surface area contributed by atoms with Crippen LogP contribution in [0.3, 0.4) is 0 Å². The Hall–Kier alpha value is -2.15. The zero-order valence-electron chi connectivity index (χ0n) is 14.9. The molecule has 7 heteroatoms. The summed E-state index contributed by atoms with van der Waals surface area (Å²) in [7, 11) is -3.03. The summed E-state index contributed by atoms with van der Waals surface area (Å²) in [6.45, 7) is 3.05. The normalized spacial score (nSPS) is 20.5. The Morgan fingerprint density at radius 3 is 2.42 bits per heavy atom. The van der Waals surface area contributed by atoms with Crippen LogP contribution in [0.4, 0.5) is 0 Å². The van der Waals surface area contributed by atoms with Crippen LogP contribution in [-0.2, 0) is 14.6 Å². The minimum absolute atomic E-state index is 0.00175. The molecule has 2 aliphatic rings. The number of carbonyl (C=O) groups excluding carboxylic acids is 2. The lowest BCUT2D eigenvalue weighted by atomic mass is 9.85. The lowest BCUT2D eigenvalue weighted by molar-refractivity contribution is -0.129. The average molecular weight is 376 g/mol. The number of primary amides is 1. The van der Waals surface area contributed by atoms with E-state index in [4.69, 9.17) is 5.73 Å². The van der Waals surface area contributed by atoms with Gasteiger partial charge in [-0.15, -0.1) is 0 Å². The highest BCUT2D eigenvalue weighted by Crippen LogP contribution is 2.33. The number of hydrogen-bond donors (Lipinski definition) is 1. The molecule has 0 spiro atoms. The largest absolute Gasteiger partial charge is 0.366 e. The first-order valence-electron chi connectivity index (χ1n) is 8.86. The zero-order valence-corrected chi connectivity index (χ0v) is 15.7. The third kappa shape index (κ3) is 3.98. The number of piperidine rings is 1. The standard InChI is InChI=1S/C19H24N2O4S/c1-13(22)21-8-4-14(5-9-21)16-2-3-17(19(20)23)18(12-16)15-6-10-26(24,25)11-7-15/h2-3,6,12,14H,4-5,7-11H2,1H3,(H2,20,23). The molecule has 1 aromatic rings. The van der Waals surface area contributed by atoms with Gasteiger partial charge in [0.2, 0.25) is 11.8 Å². The van der Waals surface area contributed by atoms with Gasteiger partial charge >= 0.3 is 0 Å². The first kappa shape index (κ1) is 18.6. The van der Waals surface area contributed by atoms with Crippen molar-refractivity contribution in [3.63, 3.8) is 0 Å². The summed E-state index contributed by atoms with van der Waals surface area (Å²) in [6.07, 6.45) is 3.85. The molecule has 0 atom stereocenters. The number of rotatable bonds is 3. The monoisotopic (exact) mass is 376 g/mol. The van der Waals surface area contributed by atoms with Crippen LogP contribution in [0.5, 0.6) is 0 Å². The van der Waals surface area contributed by atoms with E-state index in [0.29, 0.717) is 17.9 Å². The van der Waals surface area contributed by atoms with Gasteiger partial charge in [0.15, 0.2) is 9.84 Å². The summed E-state index contributed by atoms with van der Waals surface area (Å²) in [5.41, 5.74) is 8.69. The summed E-state index contributed by atoms with van der Waals surface area (Å²) in [5, 5.41) is 0. The first-order valence-corrected chi connectivity index (χ1v) is 10.7. The van der Waals surface area contributed by atoms with Gasteiger partial charge in [0, 0.05) is 25.6 Å². The molecule has 2 N–H and O–H groups in total. The fourth-order valence-electron chi connectivity index (χ4n) is 3.75. The van der Waals surface area contributed by atoms with E-state index in [1.165, 1.54) is 0 Å². The van der Waals surface area contributed by atoms with Crippen molar-refractivity contribution in [3.05, 3.63) is 41.0 Å². The van der Waals surface area contributed by atoms with Gasteiger partial charge in [-0.25, -0.2) is 8.42 Å². The maximum absolute atomic E-state index is 11.8. The second-order valence-electron chi connectivity index (χ2n) is 7.04. The third-order valence-corrected chi connectivity index (χ3v) is 6.83. The zero-order chi connectivity index (χ0) is 18.9. The number of allylic oxidation sites excluding steroid dienone is 1. The molecule has 0 bridgehead atoms. The summed E-state index contributed by atoms with van der Waals surface area (Å²) in [4.78, 5) is 25.2. The second-order valence-corrected chi connectivity index (χ2v) is 9.27. The first-order chi connectivity index (χ1) is 12.3. The van der Waals surface area contributed by atoms with Gasteiger partial charge in [0.25, 0.3) is 0 Å². The van der Waals surface area contributed by atoms with E-state index in [2.05, 4.69) is 0 Å². The molecule has 2 amide bonds. The highest BCUT2D eigenvalue weighted by Gasteiger charge is 2.25. The van der Waals surface area contributed by atoms with Crippen molar-refractivity contribution >= 4 is 27.2 Å². The average Bonchev–Trinajstić information content (AvgIpc) is 2.61. The van der Waals surface area contributed by atoms with Gasteiger partial charge in [-0.2, -0.15) is 0 Å². The van der Waals surface area contributed by atoms with Crippen molar-refractivity contribution in [2.75, 3.05) is 24.6 Å². The summed E-state index contributed by atoms with van der Waals surface area (Å²) < 4.78 is 23.4. The molecule has 1 aromatic carbocycles. The highest BCUT2D eigenvalue weighted by atomic mass is 32.2. The van der Waals surface area contributed by atoms with Crippen molar-refractivity contribution in [1.29, 1.82) is 0 Å². The Labute approximate surface area is 154 Å². The number of benzene rings is 1. The van der Waals surface area contributed by atoms with Crippen LogP contribution in [0, 0.1) is 0 Å². The third-order valence-electron chi connectivity index (χ3n) is 5.33. The quantitative estimate of drug-likeness (QED) is 0.868. The molecule has 2 aliphatic heterocycles. The van der Waals surface area contributed by atoms with Crippen LogP contribution in [0.1, 0.15) is 53.6 Å². The smallest absolute Gasteiger partial charge is 0.249 e. The number of hydrogen-bond acceptors (Lipinski definition) is 4. The molecule has 26 heavy (non-hydrogen) atoms. The van der Waals surface area contributed by atoms with E-state index >= 15 is 0 Å². The van der Waals surface area contributed by atoms with E-state index in [9.17, 15) is 18.0 Å². The molecule has 0 saturated carbocycles. The minimum Gasteiger partial charge on any atom is -0.366 e. The molecule has 0 unspecified atom stereocenters. The molecule has 0 radical (unpaired) electrons. The molecule has 0 aliphatic carbocycles. The van der Waals surface area contributed by atoms with Crippen molar-refractivity contribution in [2.24, 2.45) is 5.73 Å². The summed E-state index contributed by atoms with van der Waals surface area (Å²) in [5.74, 6) is 0.00768. The van der Waals surface area contributed by atoms with Crippen LogP contribution >= 0.6 is 0 Å². The highest BCUT2D eigenvalue weighted by molar-refractivity contribution is 7.91. The van der Waals surface area contributed by atoms with Crippen molar-refractivity contribution < 1.29 is 18.0 Å². The minimum atomic E-state index is -3.03. The van der Waals surface area contributed by atoms with Crippen molar-refractivity contribution in [3.8, 4) is 0 Å². The molecular weight excluding hydrogens is 352 g/mol. The maximum Gasteiger partial charge on any atom is 0.249 e. The van der Waals surface area contributed by atoms with E-state index < -0.39 is 15.7 Å². The van der Waals surface area contributed by atoms with Gasteiger partial charge < -0.3 is 10.6 Å². The van der Waals surface area contributed by atoms with Gasteiger partial charge in [-0.05, 0) is 47.9 Å². The van der Waals surface area contributed by atoms with Crippen molar-refractivity contribution in [1.82, 2.24) is 4.90 Å². The molecular formula is C19H24N2O4S.